The lowest BCUT2D eigenvalue weighted by Gasteiger charge is -2.08. The van der Waals surface area contributed by atoms with Crippen molar-refractivity contribution in [1.82, 2.24) is 4.98 Å². The summed E-state index contributed by atoms with van der Waals surface area (Å²) >= 11 is 0. The van der Waals surface area contributed by atoms with E-state index in [0.717, 1.165) is 38.3 Å². The Kier molecular flexibility index (Phi) is 8.74. The second-order valence-electron chi connectivity index (χ2n) is 5.19. The molecule has 120 valence electrons. The van der Waals surface area contributed by atoms with E-state index in [-0.39, 0.29) is 11.5 Å². The van der Waals surface area contributed by atoms with Crippen molar-refractivity contribution < 1.29 is 18.7 Å². The van der Waals surface area contributed by atoms with Crippen LogP contribution in [-0.4, -0.2) is 16.1 Å². The van der Waals surface area contributed by atoms with Crippen LogP contribution in [-0.2, 0) is 10.7 Å². The predicted molar refractivity (Wildman–Crippen MR) is 79.5 cm³/mol. The van der Waals surface area contributed by atoms with Gasteiger partial charge in [-0.25, -0.2) is 8.78 Å². The number of hydrogen-bond acceptors (Lipinski definition) is 2. The Balaban J connectivity index is 0.000000384. The van der Waals surface area contributed by atoms with E-state index in [1.54, 1.807) is 13.0 Å². The van der Waals surface area contributed by atoms with Gasteiger partial charge in [-0.3, -0.25) is 9.78 Å². The van der Waals surface area contributed by atoms with Gasteiger partial charge in [0, 0.05) is 24.4 Å². The van der Waals surface area contributed by atoms with E-state index in [0.29, 0.717) is 0 Å². The second kappa shape index (κ2) is 9.42. The second-order valence-corrected chi connectivity index (χ2v) is 5.19. The van der Waals surface area contributed by atoms with Gasteiger partial charge in [-0.2, -0.15) is 0 Å². The van der Waals surface area contributed by atoms with Crippen molar-refractivity contribution in [3.63, 3.8) is 0 Å². The molecule has 5 heteroatoms. The highest BCUT2D eigenvalue weighted by Gasteiger charge is 2.23. The Morgan fingerprint density at radius 1 is 1.29 bits per heavy atom. The van der Waals surface area contributed by atoms with Gasteiger partial charge in [-0.1, -0.05) is 26.7 Å². The van der Waals surface area contributed by atoms with Crippen LogP contribution in [0.25, 0.3) is 0 Å². The van der Waals surface area contributed by atoms with Crippen LogP contribution < -0.4 is 0 Å². The number of rotatable bonds is 6. The molecule has 0 atom stereocenters. The lowest BCUT2D eigenvalue weighted by atomic mass is 9.99. The molecule has 0 radical (unpaired) electrons. The van der Waals surface area contributed by atoms with Crippen molar-refractivity contribution in [3.05, 3.63) is 29.6 Å². The summed E-state index contributed by atoms with van der Waals surface area (Å²) in [5.74, 6) is -3.51. The smallest absolute Gasteiger partial charge is 0.306 e. The third-order valence-corrected chi connectivity index (χ3v) is 3.04. The molecule has 0 aromatic carbocycles. The maximum absolute atomic E-state index is 12.5. The van der Waals surface area contributed by atoms with Crippen molar-refractivity contribution in [2.75, 3.05) is 0 Å². The maximum atomic E-state index is 12.5. The summed E-state index contributed by atoms with van der Waals surface area (Å²) in [4.78, 5) is 14.2. The summed E-state index contributed by atoms with van der Waals surface area (Å²) < 4.78 is 25.1. The first-order chi connectivity index (χ1) is 9.72. The van der Waals surface area contributed by atoms with Crippen molar-refractivity contribution in [3.8, 4) is 0 Å². The van der Waals surface area contributed by atoms with Crippen molar-refractivity contribution >= 4 is 5.97 Å². The van der Waals surface area contributed by atoms with Gasteiger partial charge in [-0.15, -0.1) is 0 Å². The minimum atomic E-state index is -2.78. The molecule has 1 heterocycles. The highest BCUT2D eigenvalue weighted by molar-refractivity contribution is 5.69. The molecular weight excluding hydrogens is 276 g/mol. The van der Waals surface area contributed by atoms with E-state index in [4.69, 9.17) is 5.11 Å². The fourth-order valence-electron chi connectivity index (χ4n) is 1.82. The fourth-order valence-corrected chi connectivity index (χ4v) is 1.82. The Morgan fingerprint density at radius 2 is 1.81 bits per heavy atom. The van der Waals surface area contributed by atoms with Gasteiger partial charge in [-0.05, 0) is 31.9 Å². The third-order valence-electron chi connectivity index (χ3n) is 3.04. The number of aryl methyl sites for hydroxylation is 1. The fraction of sp³-hybridized carbons (Fsp3) is 0.625. The van der Waals surface area contributed by atoms with Crippen LogP contribution in [0.5, 0.6) is 0 Å². The molecule has 0 fully saturated rings. The number of hydrogen-bond donors (Lipinski definition) is 1. The molecule has 1 rings (SSSR count). The first-order valence-electron chi connectivity index (χ1n) is 7.26. The molecule has 1 N–H and O–H groups in total. The highest BCUT2D eigenvalue weighted by Crippen LogP contribution is 2.25. The Morgan fingerprint density at radius 3 is 2.10 bits per heavy atom. The summed E-state index contributed by atoms with van der Waals surface area (Å²) in [6.45, 7) is 6.66. The number of pyridine rings is 1. The van der Waals surface area contributed by atoms with E-state index in [2.05, 4.69) is 4.98 Å². The molecule has 3 nitrogen and oxygen atoms in total. The summed E-state index contributed by atoms with van der Waals surface area (Å²) in [5.41, 5.74) is 0.709. The number of carboxylic acids is 1. The van der Waals surface area contributed by atoms with Gasteiger partial charge in [0.15, 0.2) is 0 Å². The minimum Gasteiger partial charge on any atom is -0.481 e. The summed E-state index contributed by atoms with van der Waals surface area (Å²) in [6.07, 6.45) is 4.79. The molecule has 0 bridgehead atoms. The molecular formula is C16H25F2NO2. The topological polar surface area (TPSA) is 50.2 Å². The molecule has 0 aliphatic heterocycles. The molecule has 0 saturated heterocycles. The zero-order valence-corrected chi connectivity index (χ0v) is 13.2. The average molecular weight is 301 g/mol. The van der Waals surface area contributed by atoms with Crippen LogP contribution in [0.4, 0.5) is 8.78 Å². The minimum absolute atomic E-state index is 0.0388. The van der Waals surface area contributed by atoms with E-state index >= 15 is 0 Å². The Hall–Kier alpha value is -1.52. The van der Waals surface area contributed by atoms with Gasteiger partial charge >= 0.3 is 5.97 Å². The number of aromatic nitrogens is 1. The summed E-state index contributed by atoms with van der Waals surface area (Å²) in [7, 11) is 0. The molecule has 1 aromatic rings. The third kappa shape index (κ3) is 8.38. The summed E-state index contributed by atoms with van der Waals surface area (Å²) in [5, 5.41) is 8.64. The van der Waals surface area contributed by atoms with Gasteiger partial charge in [0.2, 0.25) is 0 Å². The van der Waals surface area contributed by atoms with Crippen LogP contribution in [0.3, 0.4) is 0 Å². The van der Waals surface area contributed by atoms with Crippen LogP contribution in [0.2, 0.25) is 0 Å². The average Bonchev–Trinajstić information content (AvgIpc) is 2.38. The van der Waals surface area contributed by atoms with Crippen LogP contribution in [0.1, 0.15) is 57.7 Å². The predicted octanol–water partition coefficient (Wildman–Crippen LogP) is 4.79. The zero-order chi connectivity index (χ0) is 16.5. The quantitative estimate of drug-likeness (QED) is 0.822. The Bertz CT molecular complexity index is 407. The lowest BCUT2D eigenvalue weighted by molar-refractivity contribution is -0.142. The maximum Gasteiger partial charge on any atom is 0.306 e. The highest BCUT2D eigenvalue weighted by atomic mass is 19.3. The van der Waals surface area contributed by atoms with E-state index < -0.39 is 11.9 Å². The van der Waals surface area contributed by atoms with Crippen LogP contribution in [0.15, 0.2) is 18.3 Å². The van der Waals surface area contributed by atoms with E-state index in [1.807, 2.05) is 13.8 Å². The van der Waals surface area contributed by atoms with Gasteiger partial charge in [0.25, 0.3) is 5.92 Å². The van der Waals surface area contributed by atoms with Crippen LogP contribution >= 0.6 is 0 Å². The van der Waals surface area contributed by atoms with Gasteiger partial charge in [0.1, 0.15) is 0 Å². The molecule has 0 amide bonds. The van der Waals surface area contributed by atoms with Gasteiger partial charge < -0.3 is 5.11 Å². The number of alkyl halides is 2. The van der Waals surface area contributed by atoms with Crippen molar-refractivity contribution in [2.24, 2.45) is 5.92 Å². The normalized spacial score (nSPS) is 11.0. The first kappa shape index (κ1) is 19.5. The van der Waals surface area contributed by atoms with Crippen LogP contribution in [0, 0.1) is 12.8 Å². The monoisotopic (exact) mass is 301 g/mol. The molecule has 0 aliphatic rings. The summed E-state index contributed by atoms with van der Waals surface area (Å²) in [6, 6.07) is 2.97. The number of nitrogens with zero attached hydrogens (tertiary/aromatic N) is 1. The van der Waals surface area contributed by atoms with E-state index in [1.165, 1.54) is 12.3 Å². The Labute approximate surface area is 125 Å². The number of carbonyl (C=O) groups is 1. The SMILES string of the molecule is CCCC(CCC)C(=O)O.Cc1ccc(C(C)(F)F)cn1. The molecule has 0 aliphatic carbocycles. The molecule has 0 spiro atoms. The van der Waals surface area contributed by atoms with Gasteiger partial charge in [0.05, 0.1) is 5.92 Å². The van der Waals surface area contributed by atoms with E-state index in [9.17, 15) is 13.6 Å². The molecule has 0 unspecified atom stereocenters. The molecule has 21 heavy (non-hydrogen) atoms. The standard InChI is InChI=1S/C8H9F2N.C8H16O2/c1-6-3-4-7(5-11-6)8(2,9)10;1-3-5-7(6-4-2)8(9)10/h3-5H,1-2H3;7H,3-6H2,1-2H3,(H,9,10). The lowest BCUT2D eigenvalue weighted by Crippen LogP contribution is -2.12. The first-order valence-corrected chi connectivity index (χ1v) is 7.26. The number of carboxylic acid groups (broad SMARTS) is 1. The molecule has 1 aromatic heterocycles. The van der Waals surface area contributed by atoms with Crippen molar-refractivity contribution in [2.45, 2.75) is 59.3 Å². The number of halogens is 2. The zero-order valence-electron chi connectivity index (χ0n) is 13.2. The largest absolute Gasteiger partial charge is 0.481 e. The van der Waals surface area contributed by atoms with Crippen molar-refractivity contribution in [1.29, 1.82) is 0 Å². The number of aliphatic carboxylic acids is 1. The molecule has 0 saturated carbocycles.